The van der Waals surface area contributed by atoms with Gasteiger partial charge in [-0.1, -0.05) is 30.3 Å². The summed E-state index contributed by atoms with van der Waals surface area (Å²) in [7, 11) is 0. The Bertz CT molecular complexity index is 568. The molecule has 0 aliphatic carbocycles. The predicted molar refractivity (Wildman–Crippen MR) is 80.6 cm³/mol. The lowest BCUT2D eigenvalue weighted by molar-refractivity contribution is 0.218. The van der Waals surface area contributed by atoms with Crippen molar-refractivity contribution >= 4 is 0 Å². The molecular formula is C18H22O. The van der Waals surface area contributed by atoms with E-state index in [1.807, 2.05) is 30.3 Å². The zero-order chi connectivity index (χ0) is 14.2. The fraction of sp³-hybridized carbons (Fsp3) is 0.333. The van der Waals surface area contributed by atoms with Gasteiger partial charge in [0, 0.05) is 0 Å². The molecule has 1 nitrogen and oxygen atoms in total. The number of benzene rings is 2. The van der Waals surface area contributed by atoms with Crippen LogP contribution in [0.5, 0.6) is 0 Å². The molecule has 0 amide bonds. The van der Waals surface area contributed by atoms with Gasteiger partial charge in [-0.25, -0.2) is 0 Å². The van der Waals surface area contributed by atoms with Crippen LogP contribution in [0.2, 0.25) is 0 Å². The maximum absolute atomic E-state index is 10.7. The second-order valence-electron chi connectivity index (χ2n) is 5.35. The number of rotatable bonds is 2. The Kier molecular flexibility index (Phi) is 3.77. The van der Waals surface area contributed by atoms with Crippen LogP contribution < -0.4 is 0 Å². The average Bonchev–Trinajstić information content (AvgIpc) is 2.44. The highest BCUT2D eigenvalue weighted by atomic mass is 16.3. The summed E-state index contributed by atoms with van der Waals surface area (Å²) in [5, 5.41) is 10.7. The maximum atomic E-state index is 10.7. The van der Waals surface area contributed by atoms with Crippen molar-refractivity contribution in [2.45, 2.75) is 40.7 Å². The highest BCUT2D eigenvalue weighted by molar-refractivity contribution is 5.52. The van der Waals surface area contributed by atoms with Crippen molar-refractivity contribution in [3.8, 4) is 0 Å². The normalized spacial score (nSPS) is 12.5. The van der Waals surface area contributed by atoms with E-state index >= 15 is 0 Å². The Balaban J connectivity index is 2.64. The standard InChI is InChI=1S/C18H22O/c1-11-12(2)14(4)17(15(5)13(11)3)18(19)16-9-7-6-8-10-16/h6-10,18-19H,1-5H3/t18-/m1/s1. The topological polar surface area (TPSA) is 20.2 Å². The third-order valence-corrected chi connectivity index (χ3v) is 4.45. The summed E-state index contributed by atoms with van der Waals surface area (Å²) in [6, 6.07) is 9.87. The SMILES string of the molecule is Cc1c(C)c(C)c([C@H](O)c2ccccc2)c(C)c1C. The lowest BCUT2D eigenvalue weighted by Crippen LogP contribution is -2.09. The van der Waals surface area contributed by atoms with Gasteiger partial charge in [-0.15, -0.1) is 0 Å². The molecule has 0 aromatic heterocycles. The molecule has 0 radical (unpaired) electrons. The number of hydrogen-bond donors (Lipinski definition) is 1. The van der Waals surface area contributed by atoms with E-state index < -0.39 is 6.10 Å². The minimum Gasteiger partial charge on any atom is -0.384 e. The molecule has 0 aliphatic rings. The summed E-state index contributed by atoms with van der Waals surface area (Å²) >= 11 is 0. The Morgan fingerprint density at radius 3 is 1.58 bits per heavy atom. The molecule has 0 fully saturated rings. The fourth-order valence-electron chi connectivity index (χ4n) is 2.74. The highest BCUT2D eigenvalue weighted by Crippen LogP contribution is 2.33. The van der Waals surface area contributed by atoms with E-state index in [1.165, 1.54) is 27.8 Å². The van der Waals surface area contributed by atoms with Gasteiger partial charge < -0.3 is 5.11 Å². The van der Waals surface area contributed by atoms with Crippen LogP contribution in [0.15, 0.2) is 30.3 Å². The van der Waals surface area contributed by atoms with E-state index in [1.54, 1.807) is 0 Å². The van der Waals surface area contributed by atoms with Crippen LogP contribution in [0.4, 0.5) is 0 Å². The molecule has 2 rings (SSSR count). The number of aliphatic hydroxyl groups is 1. The van der Waals surface area contributed by atoms with Gasteiger partial charge in [-0.05, 0) is 73.6 Å². The molecule has 1 N–H and O–H groups in total. The van der Waals surface area contributed by atoms with Crippen LogP contribution in [-0.2, 0) is 0 Å². The Hall–Kier alpha value is -1.60. The first kappa shape index (κ1) is 13.8. The van der Waals surface area contributed by atoms with E-state index in [-0.39, 0.29) is 0 Å². The van der Waals surface area contributed by atoms with Crippen LogP contribution in [0.3, 0.4) is 0 Å². The molecule has 0 saturated heterocycles. The van der Waals surface area contributed by atoms with Crippen molar-refractivity contribution in [2.75, 3.05) is 0 Å². The van der Waals surface area contributed by atoms with Gasteiger partial charge >= 0.3 is 0 Å². The van der Waals surface area contributed by atoms with Crippen molar-refractivity contribution in [1.29, 1.82) is 0 Å². The second-order valence-corrected chi connectivity index (χ2v) is 5.35. The minimum atomic E-state index is -0.542. The molecule has 0 heterocycles. The molecule has 2 aromatic rings. The molecule has 1 heteroatoms. The quantitative estimate of drug-likeness (QED) is 0.846. The molecule has 2 aromatic carbocycles. The Labute approximate surface area is 115 Å². The van der Waals surface area contributed by atoms with Gasteiger partial charge in [-0.2, -0.15) is 0 Å². The van der Waals surface area contributed by atoms with Crippen molar-refractivity contribution in [3.63, 3.8) is 0 Å². The van der Waals surface area contributed by atoms with Gasteiger partial charge in [0.15, 0.2) is 0 Å². The van der Waals surface area contributed by atoms with Crippen LogP contribution in [0, 0.1) is 34.6 Å². The Morgan fingerprint density at radius 2 is 1.11 bits per heavy atom. The van der Waals surface area contributed by atoms with Crippen LogP contribution in [0.25, 0.3) is 0 Å². The minimum absolute atomic E-state index is 0.542. The largest absolute Gasteiger partial charge is 0.384 e. The molecule has 0 bridgehead atoms. The molecule has 100 valence electrons. The first-order valence-corrected chi connectivity index (χ1v) is 6.75. The van der Waals surface area contributed by atoms with Crippen molar-refractivity contribution in [1.82, 2.24) is 0 Å². The van der Waals surface area contributed by atoms with Crippen LogP contribution in [-0.4, -0.2) is 5.11 Å². The average molecular weight is 254 g/mol. The molecule has 0 saturated carbocycles. The van der Waals surface area contributed by atoms with Crippen LogP contribution >= 0.6 is 0 Å². The monoisotopic (exact) mass is 254 g/mol. The molecule has 0 unspecified atom stereocenters. The lowest BCUT2D eigenvalue weighted by atomic mass is 9.85. The van der Waals surface area contributed by atoms with Crippen molar-refractivity contribution in [3.05, 3.63) is 69.3 Å². The number of aliphatic hydroxyl groups excluding tert-OH is 1. The van der Waals surface area contributed by atoms with Crippen molar-refractivity contribution in [2.24, 2.45) is 0 Å². The van der Waals surface area contributed by atoms with Crippen LogP contribution in [0.1, 0.15) is 45.0 Å². The molecule has 0 aliphatic heterocycles. The van der Waals surface area contributed by atoms with Gasteiger partial charge in [0.05, 0.1) is 0 Å². The first-order valence-electron chi connectivity index (χ1n) is 6.75. The molecule has 1 atom stereocenters. The third kappa shape index (κ3) is 2.31. The van der Waals surface area contributed by atoms with E-state index in [0.29, 0.717) is 0 Å². The third-order valence-electron chi connectivity index (χ3n) is 4.45. The molecular weight excluding hydrogens is 232 g/mol. The first-order chi connectivity index (χ1) is 8.95. The zero-order valence-electron chi connectivity index (χ0n) is 12.4. The predicted octanol–water partition coefficient (Wildman–Crippen LogP) is 4.31. The Morgan fingerprint density at radius 1 is 0.684 bits per heavy atom. The lowest BCUT2D eigenvalue weighted by Gasteiger charge is -2.22. The van der Waals surface area contributed by atoms with E-state index in [0.717, 1.165) is 11.1 Å². The van der Waals surface area contributed by atoms with E-state index in [2.05, 4.69) is 34.6 Å². The van der Waals surface area contributed by atoms with Gasteiger partial charge in [0.2, 0.25) is 0 Å². The van der Waals surface area contributed by atoms with Gasteiger partial charge in [0.25, 0.3) is 0 Å². The summed E-state index contributed by atoms with van der Waals surface area (Å²) < 4.78 is 0. The molecule has 19 heavy (non-hydrogen) atoms. The van der Waals surface area contributed by atoms with E-state index in [9.17, 15) is 5.11 Å². The molecule has 0 spiro atoms. The second kappa shape index (κ2) is 5.18. The summed E-state index contributed by atoms with van der Waals surface area (Å²) in [4.78, 5) is 0. The number of hydrogen-bond acceptors (Lipinski definition) is 1. The van der Waals surface area contributed by atoms with E-state index in [4.69, 9.17) is 0 Å². The summed E-state index contributed by atoms with van der Waals surface area (Å²) in [5.74, 6) is 0. The fourth-order valence-corrected chi connectivity index (χ4v) is 2.74. The smallest absolute Gasteiger partial charge is 0.105 e. The summed E-state index contributed by atoms with van der Waals surface area (Å²) in [6.45, 7) is 10.6. The highest BCUT2D eigenvalue weighted by Gasteiger charge is 2.19. The van der Waals surface area contributed by atoms with Crippen molar-refractivity contribution < 1.29 is 5.11 Å². The van der Waals surface area contributed by atoms with Gasteiger partial charge in [-0.3, -0.25) is 0 Å². The summed E-state index contributed by atoms with van der Waals surface area (Å²) in [6.07, 6.45) is -0.542. The summed E-state index contributed by atoms with van der Waals surface area (Å²) in [5.41, 5.74) is 8.33. The maximum Gasteiger partial charge on any atom is 0.105 e. The zero-order valence-corrected chi connectivity index (χ0v) is 12.4. The van der Waals surface area contributed by atoms with Gasteiger partial charge in [0.1, 0.15) is 6.10 Å².